The van der Waals surface area contributed by atoms with Crippen molar-refractivity contribution in [3.8, 4) is 0 Å². The lowest BCUT2D eigenvalue weighted by Crippen LogP contribution is -2.36. The first-order chi connectivity index (χ1) is 15.9. The first kappa shape index (κ1) is 23.0. The Hall–Kier alpha value is -3.17. The zero-order valence-corrected chi connectivity index (χ0v) is 19.9. The number of thiophene rings is 1. The van der Waals surface area contributed by atoms with E-state index >= 15 is 0 Å². The molecule has 172 valence electrons. The summed E-state index contributed by atoms with van der Waals surface area (Å²) in [6.07, 6.45) is 3.11. The van der Waals surface area contributed by atoms with E-state index in [4.69, 9.17) is 0 Å². The van der Waals surface area contributed by atoms with Gasteiger partial charge >= 0.3 is 0 Å². The minimum atomic E-state index is -3.65. The molecule has 4 rings (SSSR count). The number of hydrogen-bond donors (Lipinski definition) is 1. The van der Waals surface area contributed by atoms with Crippen LogP contribution in [0.1, 0.15) is 40.0 Å². The highest BCUT2D eigenvalue weighted by atomic mass is 32.2. The fourth-order valence-corrected chi connectivity index (χ4v) is 6.10. The van der Waals surface area contributed by atoms with E-state index in [0.717, 1.165) is 43.7 Å². The number of nitrogens with zero attached hydrogens (tertiary/aromatic N) is 2. The van der Waals surface area contributed by atoms with Gasteiger partial charge < -0.3 is 10.2 Å². The summed E-state index contributed by atoms with van der Waals surface area (Å²) < 4.78 is 26.9. The molecule has 1 saturated heterocycles. The van der Waals surface area contributed by atoms with Crippen LogP contribution in [0, 0.1) is 0 Å². The molecule has 0 atom stereocenters. The third-order valence-electron chi connectivity index (χ3n) is 5.65. The minimum absolute atomic E-state index is 0.0821. The smallest absolute Gasteiger partial charge is 0.273 e. The van der Waals surface area contributed by atoms with Gasteiger partial charge in [-0.05, 0) is 67.1 Å². The van der Waals surface area contributed by atoms with Gasteiger partial charge in [-0.15, -0.1) is 11.3 Å². The number of amides is 2. The topological polar surface area (TPSA) is 86.8 Å². The number of carbonyl (C=O) groups excluding carboxylic acids is 2. The second kappa shape index (κ2) is 9.76. The fraction of sp³-hybridized carbons (Fsp3) is 0.250. The van der Waals surface area contributed by atoms with E-state index in [0.29, 0.717) is 22.5 Å². The molecule has 0 bridgehead atoms. The normalized spacial score (nSPS) is 14.0. The van der Waals surface area contributed by atoms with Gasteiger partial charge in [-0.2, -0.15) is 0 Å². The lowest BCUT2D eigenvalue weighted by atomic mass is 10.1. The summed E-state index contributed by atoms with van der Waals surface area (Å²) in [5.41, 5.74) is 1.73. The molecular weight excluding hydrogens is 458 g/mol. The zero-order valence-electron chi connectivity index (χ0n) is 18.2. The van der Waals surface area contributed by atoms with Crippen LogP contribution in [0.3, 0.4) is 0 Å². The van der Waals surface area contributed by atoms with E-state index < -0.39 is 10.0 Å². The van der Waals surface area contributed by atoms with Crippen molar-refractivity contribution in [1.82, 2.24) is 4.90 Å². The Morgan fingerprint density at radius 2 is 1.64 bits per heavy atom. The number of anilines is 2. The van der Waals surface area contributed by atoms with Crippen molar-refractivity contribution in [1.29, 1.82) is 0 Å². The monoisotopic (exact) mass is 483 g/mol. The molecule has 1 fully saturated rings. The summed E-state index contributed by atoms with van der Waals surface area (Å²) in [6, 6.07) is 16.6. The standard InChI is InChI=1S/C24H25N3O4S2/c1-26(33(30,31)22-10-7-17-32-22)19-13-11-18(12-14-19)23(28)25-21-9-4-3-8-20(21)24(29)27-15-5-2-6-16-27/h3-4,7-14,17H,2,5-6,15-16H2,1H3,(H,25,28). The number of sulfonamides is 1. The first-order valence-corrected chi connectivity index (χ1v) is 13.0. The molecule has 0 saturated carbocycles. The molecule has 1 aromatic heterocycles. The second-order valence-corrected chi connectivity index (χ2v) is 10.9. The molecule has 2 aromatic carbocycles. The summed E-state index contributed by atoms with van der Waals surface area (Å²) in [6.45, 7) is 1.45. The highest BCUT2D eigenvalue weighted by Gasteiger charge is 2.23. The van der Waals surface area contributed by atoms with E-state index in [1.165, 1.54) is 11.4 Å². The number of carbonyl (C=O) groups is 2. The van der Waals surface area contributed by atoms with Crippen molar-refractivity contribution in [2.75, 3.05) is 29.8 Å². The molecule has 0 radical (unpaired) electrons. The predicted molar refractivity (Wildman–Crippen MR) is 130 cm³/mol. The van der Waals surface area contributed by atoms with Crippen molar-refractivity contribution < 1.29 is 18.0 Å². The maximum absolute atomic E-state index is 13.0. The molecule has 0 spiro atoms. The van der Waals surface area contributed by atoms with Gasteiger partial charge in [-0.25, -0.2) is 8.42 Å². The molecule has 2 amide bonds. The Labute approximate surface area is 197 Å². The Bertz CT molecular complexity index is 1230. The Morgan fingerprint density at radius 3 is 2.30 bits per heavy atom. The molecule has 33 heavy (non-hydrogen) atoms. The second-order valence-electron chi connectivity index (χ2n) is 7.80. The fourth-order valence-electron chi connectivity index (χ4n) is 3.75. The lowest BCUT2D eigenvalue weighted by molar-refractivity contribution is 0.0725. The number of hydrogen-bond acceptors (Lipinski definition) is 5. The third-order valence-corrected chi connectivity index (χ3v) is 8.81. The number of benzene rings is 2. The van der Waals surface area contributed by atoms with Crippen molar-refractivity contribution in [3.05, 3.63) is 77.2 Å². The number of rotatable bonds is 6. The van der Waals surface area contributed by atoms with Gasteiger partial charge in [0.15, 0.2) is 0 Å². The number of nitrogens with one attached hydrogen (secondary N) is 1. The summed E-state index contributed by atoms with van der Waals surface area (Å²) in [5.74, 6) is -0.453. The van der Waals surface area contributed by atoms with Crippen molar-refractivity contribution in [2.45, 2.75) is 23.5 Å². The van der Waals surface area contributed by atoms with Crippen molar-refractivity contribution >= 4 is 44.5 Å². The summed E-state index contributed by atoms with van der Waals surface area (Å²) in [5, 5.41) is 4.54. The molecule has 3 aromatic rings. The van der Waals surface area contributed by atoms with Gasteiger partial charge in [0.1, 0.15) is 4.21 Å². The maximum atomic E-state index is 13.0. The van der Waals surface area contributed by atoms with Crippen molar-refractivity contribution in [2.24, 2.45) is 0 Å². The molecule has 1 aliphatic heterocycles. The average molecular weight is 484 g/mol. The Morgan fingerprint density at radius 1 is 0.939 bits per heavy atom. The molecule has 9 heteroatoms. The largest absolute Gasteiger partial charge is 0.339 e. The SMILES string of the molecule is CN(c1ccc(C(=O)Nc2ccccc2C(=O)N2CCCCC2)cc1)S(=O)(=O)c1cccs1. The van der Waals surface area contributed by atoms with Crippen LogP contribution in [0.25, 0.3) is 0 Å². The molecule has 2 heterocycles. The quantitative estimate of drug-likeness (QED) is 0.561. The third kappa shape index (κ3) is 4.94. The number of likely N-dealkylation sites (tertiary alicyclic amines) is 1. The van der Waals surface area contributed by atoms with Crippen LogP contribution in [0.5, 0.6) is 0 Å². The summed E-state index contributed by atoms with van der Waals surface area (Å²) in [4.78, 5) is 27.7. The maximum Gasteiger partial charge on any atom is 0.273 e. The molecule has 7 nitrogen and oxygen atoms in total. The van der Waals surface area contributed by atoms with E-state index in [1.807, 2.05) is 4.90 Å². The van der Waals surface area contributed by atoms with Crippen LogP contribution < -0.4 is 9.62 Å². The van der Waals surface area contributed by atoms with Crippen LogP contribution in [0.4, 0.5) is 11.4 Å². The van der Waals surface area contributed by atoms with Crippen LogP contribution in [0.2, 0.25) is 0 Å². The predicted octanol–water partition coefficient (Wildman–Crippen LogP) is 4.45. The van der Waals surface area contributed by atoms with Gasteiger partial charge in [-0.1, -0.05) is 18.2 Å². The van der Waals surface area contributed by atoms with Gasteiger partial charge in [0.05, 0.1) is 16.9 Å². The van der Waals surface area contributed by atoms with E-state index in [9.17, 15) is 18.0 Å². The van der Waals surface area contributed by atoms with Gasteiger partial charge in [-0.3, -0.25) is 13.9 Å². The van der Waals surface area contributed by atoms with E-state index in [2.05, 4.69) is 5.32 Å². The molecule has 0 aliphatic carbocycles. The Balaban J connectivity index is 1.49. The van der Waals surface area contributed by atoms with E-state index in [-0.39, 0.29) is 16.0 Å². The van der Waals surface area contributed by atoms with Crippen LogP contribution in [-0.2, 0) is 10.0 Å². The number of para-hydroxylation sites is 1. The van der Waals surface area contributed by atoms with Gasteiger partial charge in [0, 0.05) is 25.7 Å². The molecule has 1 N–H and O–H groups in total. The van der Waals surface area contributed by atoms with Gasteiger partial charge in [0.25, 0.3) is 21.8 Å². The highest BCUT2D eigenvalue weighted by Crippen LogP contribution is 2.26. The van der Waals surface area contributed by atoms with Crippen molar-refractivity contribution in [3.63, 3.8) is 0 Å². The highest BCUT2D eigenvalue weighted by molar-refractivity contribution is 7.94. The van der Waals surface area contributed by atoms with Crippen LogP contribution >= 0.6 is 11.3 Å². The number of piperidine rings is 1. The lowest BCUT2D eigenvalue weighted by Gasteiger charge is -2.27. The molecule has 0 unspecified atom stereocenters. The summed E-state index contributed by atoms with van der Waals surface area (Å²) in [7, 11) is -2.17. The first-order valence-electron chi connectivity index (χ1n) is 10.7. The molecule has 1 aliphatic rings. The van der Waals surface area contributed by atoms with Crippen LogP contribution in [-0.4, -0.2) is 45.3 Å². The minimum Gasteiger partial charge on any atom is -0.339 e. The van der Waals surface area contributed by atoms with Crippen LogP contribution in [0.15, 0.2) is 70.3 Å². The zero-order chi connectivity index (χ0) is 23.4. The molecular formula is C24H25N3O4S2. The Kier molecular flexibility index (Phi) is 6.80. The van der Waals surface area contributed by atoms with E-state index in [1.54, 1.807) is 66.0 Å². The average Bonchev–Trinajstić information content (AvgIpc) is 3.40. The summed E-state index contributed by atoms with van der Waals surface area (Å²) >= 11 is 1.15. The van der Waals surface area contributed by atoms with Gasteiger partial charge in [0.2, 0.25) is 0 Å².